The Morgan fingerprint density at radius 3 is 3.24 bits per heavy atom. The van der Waals surface area contributed by atoms with Crippen LogP contribution in [0.15, 0.2) is 16.7 Å². The topological polar surface area (TPSA) is 37.6 Å². The van der Waals surface area contributed by atoms with E-state index in [0.717, 1.165) is 38.5 Å². The first-order valence-electron chi connectivity index (χ1n) is 6.24. The number of rotatable bonds is 6. The number of furan rings is 1. The molecule has 1 saturated heterocycles. The van der Waals surface area contributed by atoms with Gasteiger partial charge in [0.25, 0.3) is 0 Å². The summed E-state index contributed by atoms with van der Waals surface area (Å²) in [6.45, 7) is 4.94. The molecule has 0 radical (unpaired) electrons. The van der Waals surface area contributed by atoms with Crippen molar-refractivity contribution in [3.8, 4) is 0 Å². The van der Waals surface area contributed by atoms with E-state index in [1.54, 1.807) is 7.11 Å². The summed E-state index contributed by atoms with van der Waals surface area (Å²) >= 11 is 0. The van der Waals surface area contributed by atoms with E-state index in [2.05, 4.69) is 16.3 Å². The minimum Gasteiger partial charge on any atom is -0.468 e. The van der Waals surface area contributed by atoms with Crippen molar-refractivity contribution < 1.29 is 9.15 Å². The van der Waals surface area contributed by atoms with Crippen molar-refractivity contribution in [1.29, 1.82) is 0 Å². The molecule has 0 spiro atoms. The molecule has 0 aliphatic carbocycles. The van der Waals surface area contributed by atoms with Crippen molar-refractivity contribution in [3.05, 3.63) is 23.7 Å². The minimum absolute atomic E-state index is 0.687. The highest BCUT2D eigenvalue weighted by Crippen LogP contribution is 2.19. The van der Waals surface area contributed by atoms with Gasteiger partial charge in [-0.2, -0.15) is 0 Å². The lowest BCUT2D eigenvalue weighted by atomic mass is 10.1. The van der Waals surface area contributed by atoms with Crippen LogP contribution < -0.4 is 5.32 Å². The summed E-state index contributed by atoms with van der Waals surface area (Å²) in [7, 11) is 3.72. The van der Waals surface area contributed by atoms with Gasteiger partial charge in [-0.25, -0.2) is 0 Å². The molecular formula is C13H22N2O2. The highest BCUT2D eigenvalue weighted by molar-refractivity contribution is 5.12. The lowest BCUT2D eigenvalue weighted by molar-refractivity contribution is 0.151. The summed E-state index contributed by atoms with van der Waals surface area (Å²) in [5.74, 6) is 1.75. The van der Waals surface area contributed by atoms with Crippen molar-refractivity contribution in [2.24, 2.45) is 5.92 Å². The first-order chi connectivity index (χ1) is 8.31. The van der Waals surface area contributed by atoms with E-state index in [1.807, 2.05) is 13.3 Å². The van der Waals surface area contributed by atoms with Crippen LogP contribution in [0.2, 0.25) is 0 Å². The number of nitrogens with zero attached hydrogens (tertiary/aromatic N) is 1. The average molecular weight is 238 g/mol. The molecular weight excluding hydrogens is 216 g/mol. The molecule has 0 aromatic carbocycles. The van der Waals surface area contributed by atoms with Gasteiger partial charge < -0.3 is 14.5 Å². The third kappa shape index (κ3) is 3.56. The largest absolute Gasteiger partial charge is 0.468 e. The highest BCUT2D eigenvalue weighted by Gasteiger charge is 2.22. The van der Waals surface area contributed by atoms with Crippen LogP contribution in [0.5, 0.6) is 0 Å². The predicted octanol–water partition coefficient (Wildman–Crippen LogP) is 1.47. The number of methoxy groups -OCH3 is 1. The van der Waals surface area contributed by atoms with Gasteiger partial charge in [-0.1, -0.05) is 0 Å². The van der Waals surface area contributed by atoms with Crippen molar-refractivity contribution in [2.45, 2.75) is 19.5 Å². The Bertz CT molecular complexity index is 338. The van der Waals surface area contributed by atoms with Crippen LogP contribution in [0.25, 0.3) is 0 Å². The molecule has 0 bridgehead atoms. The summed E-state index contributed by atoms with van der Waals surface area (Å²) < 4.78 is 10.8. The van der Waals surface area contributed by atoms with E-state index in [0.29, 0.717) is 5.92 Å². The molecule has 2 heterocycles. The molecule has 17 heavy (non-hydrogen) atoms. The number of nitrogens with one attached hydrogen (secondary N) is 1. The quantitative estimate of drug-likeness (QED) is 0.814. The van der Waals surface area contributed by atoms with Gasteiger partial charge in [-0.3, -0.25) is 4.90 Å². The molecule has 4 heteroatoms. The van der Waals surface area contributed by atoms with E-state index in [9.17, 15) is 0 Å². The number of hydrogen-bond acceptors (Lipinski definition) is 4. The van der Waals surface area contributed by atoms with Crippen molar-refractivity contribution in [2.75, 3.05) is 33.9 Å². The molecule has 1 N–H and O–H groups in total. The molecule has 4 nitrogen and oxygen atoms in total. The lowest BCUT2D eigenvalue weighted by Crippen LogP contribution is -2.21. The zero-order valence-corrected chi connectivity index (χ0v) is 10.7. The van der Waals surface area contributed by atoms with E-state index in [1.165, 1.54) is 12.0 Å². The van der Waals surface area contributed by atoms with E-state index in [4.69, 9.17) is 9.15 Å². The first kappa shape index (κ1) is 12.6. The van der Waals surface area contributed by atoms with E-state index in [-0.39, 0.29) is 0 Å². The van der Waals surface area contributed by atoms with Gasteiger partial charge in [0, 0.05) is 25.8 Å². The maximum atomic E-state index is 5.56. The third-order valence-corrected chi connectivity index (χ3v) is 3.24. The summed E-state index contributed by atoms with van der Waals surface area (Å²) in [5.41, 5.74) is 1.22. The summed E-state index contributed by atoms with van der Waals surface area (Å²) in [6.07, 6.45) is 3.08. The fourth-order valence-corrected chi connectivity index (χ4v) is 2.45. The van der Waals surface area contributed by atoms with Crippen LogP contribution in [0.1, 0.15) is 17.7 Å². The number of ether oxygens (including phenoxy) is 1. The summed E-state index contributed by atoms with van der Waals surface area (Å²) in [5, 5.41) is 3.12. The van der Waals surface area contributed by atoms with Gasteiger partial charge in [0.2, 0.25) is 0 Å². The monoisotopic (exact) mass is 238 g/mol. The summed E-state index contributed by atoms with van der Waals surface area (Å²) in [4.78, 5) is 2.44. The van der Waals surface area contributed by atoms with Crippen LogP contribution in [0, 0.1) is 5.92 Å². The van der Waals surface area contributed by atoms with Crippen LogP contribution in [-0.2, 0) is 17.8 Å². The summed E-state index contributed by atoms with van der Waals surface area (Å²) in [6, 6.07) is 2.14. The Morgan fingerprint density at radius 1 is 1.59 bits per heavy atom. The van der Waals surface area contributed by atoms with Gasteiger partial charge in [-0.15, -0.1) is 0 Å². The molecule has 1 aromatic rings. The fourth-order valence-electron chi connectivity index (χ4n) is 2.45. The predicted molar refractivity (Wildman–Crippen MR) is 66.7 cm³/mol. The molecule has 1 atom stereocenters. The number of likely N-dealkylation sites (tertiary alicyclic amines) is 1. The number of hydrogen-bond donors (Lipinski definition) is 1. The van der Waals surface area contributed by atoms with Gasteiger partial charge in [0.15, 0.2) is 0 Å². The Balaban J connectivity index is 1.80. The second kappa shape index (κ2) is 6.19. The third-order valence-electron chi connectivity index (χ3n) is 3.24. The molecule has 0 amide bonds. The van der Waals surface area contributed by atoms with Crippen LogP contribution in [0.3, 0.4) is 0 Å². The van der Waals surface area contributed by atoms with Crippen LogP contribution >= 0.6 is 0 Å². The Hall–Kier alpha value is -0.840. The van der Waals surface area contributed by atoms with Gasteiger partial charge >= 0.3 is 0 Å². The second-order valence-electron chi connectivity index (χ2n) is 4.80. The molecule has 1 aromatic heterocycles. The molecule has 2 rings (SSSR count). The normalized spacial score (nSPS) is 21.2. The Labute approximate surface area is 103 Å². The lowest BCUT2D eigenvalue weighted by Gasteiger charge is -2.13. The van der Waals surface area contributed by atoms with E-state index >= 15 is 0 Å². The van der Waals surface area contributed by atoms with Gasteiger partial charge in [0.1, 0.15) is 5.76 Å². The smallest absolute Gasteiger partial charge is 0.118 e. The SMILES string of the molecule is CNCc1coc(CN2CCC(COC)C2)c1. The van der Waals surface area contributed by atoms with Gasteiger partial charge in [-0.05, 0) is 32.0 Å². The van der Waals surface area contributed by atoms with Crippen LogP contribution in [-0.4, -0.2) is 38.8 Å². The molecule has 96 valence electrons. The zero-order chi connectivity index (χ0) is 12.1. The first-order valence-corrected chi connectivity index (χ1v) is 6.24. The van der Waals surface area contributed by atoms with Crippen LogP contribution in [0.4, 0.5) is 0 Å². The molecule has 1 aliphatic heterocycles. The van der Waals surface area contributed by atoms with Crippen molar-refractivity contribution >= 4 is 0 Å². The highest BCUT2D eigenvalue weighted by atomic mass is 16.5. The molecule has 1 fully saturated rings. The maximum absolute atomic E-state index is 5.56. The van der Waals surface area contributed by atoms with Crippen molar-refractivity contribution in [1.82, 2.24) is 10.2 Å². The van der Waals surface area contributed by atoms with Gasteiger partial charge in [0.05, 0.1) is 19.4 Å². The fraction of sp³-hybridized carbons (Fsp3) is 0.692. The minimum atomic E-state index is 0.687. The molecule has 0 saturated carbocycles. The molecule has 1 unspecified atom stereocenters. The van der Waals surface area contributed by atoms with Crippen molar-refractivity contribution in [3.63, 3.8) is 0 Å². The standard InChI is InChI=1S/C13H22N2O2/c1-14-6-12-5-13(17-10-12)8-15-4-3-11(7-15)9-16-2/h5,10-11,14H,3-4,6-9H2,1-2H3. The maximum Gasteiger partial charge on any atom is 0.118 e. The second-order valence-corrected chi connectivity index (χ2v) is 4.80. The Morgan fingerprint density at radius 2 is 2.47 bits per heavy atom. The molecule has 1 aliphatic rings. The van der Waals surface area contributed by atoms with E-state index < -0.39 is 0 Å². The zero-order valence-electron chi connectivity index (χ0n) is 10.7. The average Bonchev–Trinajstić information content (AvgIpc) is 2.91. The Kier molecular flexibility index (Phi) is 4.59.